The molecule has 4 rings (SSSR count). The van der Waals surface area contributed by atoms with E-state index in [1.54, 1.807) is 27.4 Å². The number of ketones is 1. The van der Waals surface area contributed by atoms with Crippen molar-refractivity contribution in [3.8, 4) is 11.5 Å². The van der Waals surface area contributed by atoms with E-state index in [-0.39, 0.29) is 17.2 Å². The van der Waals surface area contributed by atoms with E-state index in [4.69, 9.17) is 14.2 Å². The van der Waals surface area contributed by atoms with Crippen molar-refractivity contribution in [1.82, 2.24) is 4.90 Å². The molecule has 2 aliphatic carbocycles. The summed E-state index contributed by atoms with van der Waals surface area (Å²) in [6.07, 6.45) is 5.59. The highest BCUT2D eigenvalue weighted by Gasteiger charge is 2.50. The molecule has 3 aliphatic rings. The van der Waals surface area contributed by atoms with Crippen molar-refractivity contribution in [2.75, 3.05) is 34.9 Å². The maximum Gasteiger partial charge on any atom is 0.220 e. The zero-order valence-electron chi connectivity index (χ0n) is 15.1. The molecule has 0 aromatic heterocycles. The first kappa shape index (κ1) is 16.2. The number of benzene rings is 1. The van der Waals surface area contributed by atoms with Gasteiger partial charge in [-0.1, -0.05) is 0 Å². The maximum absolute atomic E-state index is 12.4. The number of nitrogens with zero attached hydrogens (tertiary/aromatic N) is 1. The lowest BCUT2D eigenvalue weighted by atomic mass is 9.59. The number of carbonyl (C=O) groups is 1. The summed E-state index contributed by atoms with van der Waals surface area (Å²) >= 11 is 0. The van der Waals surface area contributed by atoms with Gasteiger partial charge < -0.3 is 14.2 Å². The molecule has 2 atom stereocenters. The van der Waals surface area contributed by atoms with Crippen molar-refractivity contribution in [2.24, 2.45) is 0 Å². The number of likely N-dealkylation sites (N-methyl/N-ethyl adjacent to an activating group) is 1. The first-order valence-corrected chi connectivity index (χ1v) is 8.53. The molecule has 0 radical (unpaired) electrons. The lowest BCUT2D eigenvalue weighted by Crippen LogP contribution is -2.54. The number of allylic oxidation sites excluding steroid dienone is 2. The van der Waals surface area contributed by atoms with E-state index in [0.717, 1.165) is 30.9 Å². The fourth-order valence-corrected chi connectivity index (χ4v) is 4.58. The molecule has 1 aromatic rings. The molecular weight excluding hydrogens is 318 g/mol. The summed E-state index contributed by atoms with van der Waals surface area (Å²) in [5.41, 5.74) is 3.31. The number of ether oxygens (including phenoxy) is 3. The Morgan fingerprint density at radius 2 is 1.84 bits per heavy atom. The third-order valence-corrected chi connectivity index (χ3v) is 5.90. The molecule has 1 heterocycles. The van der Waals surface area contributed by atoms with Gasteiger partial charge >= 0.3 is 0 Å². The Labute approximate surface area is 147 Å². The van der Waals surface area contributed by atoms with Crippen LogP contribution >= 0.6 is 0 Å². The fourth-order valence-electron chi connectivity index (χ4n) is 4.58. The topological polar surface area (TPSA) is 48.0 Å². The summed E-state index contributed by atoms with van der Waals surface area (Å²) in [5, 5.41) is 0. The van der Waals surface area contributed by atoms with Crippen molar-refractivity contribution < 1.29 is 19.0 Å². The molecule has 0 saturated carbocycles. The molecular formula is C20H23NO4. The normalized spacial score (nSPS) is 27.7. The van der Waals surface area contributed by atoms with Crippen molar-refractivity contribution in [1.29, 1.82) is 0 Å². The van der Waals surface area contributed by atoms with Crippen LogP contribution < -0.4 is 9.47 Å². The SMILES string of the molecule is COC1=CC23CCN(C)[C@H](Cc4cc(OC)c(OC)cc42)C3=CC1=O. The van der Waals surface area contributed by atoms with Crippen LogP contribution in [0.25, 0.3) is 0 Å². The first-order chi connectivity index (χ1) is 12.0. The van der Waals surface area contributed by atoms with Gasteiger partial charge in [0.15, 0.2) is 17.3 Å². The van der Waals surface area contributed by atoms with E-state index in [2.05, 4.69) is 24.1 Å². The molecule has 1 saturated heterocycles. The van der Waals surface area contributed by atoms with Crippen LogP contribution in [0.3, 0.4) is 0 Å². The fraction of sp³-hybridized carbons (Fsp3) is 0.450. The average molecular weight is 341 g/mol. The van der Waals surface area contributed by atoms with Gasteiger partial charge in [0.05, 0.1) is 21.3 Å². The van der Waals surface area contributed by atoms with Gasteiger partial charge in [-0.2, -0.15) is 0 Å². The average Bonchev–Trinajstić information content (AvgIpc) is 2.63. The number of fused-ring (bicyclic) bond motifs is 1. The van der Waals surface area contributed by atoms with Crippen LogP contribution in [0, 0.1) is 0 Å². The molecule has 1 aromatic carbocycles. The summed E-state index contributed by atoms with van der Waals surface area (Å²) in [7, 11) is 7.00. The summed E-state index contributed by atoms with van der Waals surface area (Å²) in [6, 6.07) is 4.37. The highest BCUT2D eigenvalue weighted by Crippen LogP contribution is 2.53. The molecule has 2 bridgehead atoms. The number of likely N-dealkylation sites (tertiary alicyclic amines) is 1. The van der Waals surface area contributed by atoms with E-state index in [1.165, 1.54) is 16.7 Å². The largest absolute Gasteiger partial charge is 0.493 e. The zero-order chi connectivity index (χ0) is 17.8. The van der Waals surface area contributed by atoms with Crippen LogP contribution in [-0.2, 0) is 21.4 Å². The molecule has 1 unspecified atom stereocenters. The number of hydrogen-bond acceptors (Lipinski definition) is 5. The standard InChI is InChI=1S/C20H23NO4/c1-21-6-5-20-11-19(25-4)16(22)9-14(20)15(21)7-12-8-17(23-2)18(24-3)10-13(12)20/h8-11,15H,5-7H2,1-4H3/t15-,20?/m1/s1. The molecule has 0 N–H and O–H groups in total. The predicted molar refractivity (Wildman–Crippen MR) is 94.1 cm³/mol. The van der Waals surface area contributed by atoms with Crippen molar-refractivity contribution in [3.63, 3.8) is 0 Å². The highest BCUT2D eigenvalue weighted by atomic mass is 16.5. The summed E-state index contributed by atoms with van der Waals surface area (Å²) in [6.45, 7) is 0.970. The van der Waals surface area contributed by atoms with Gasteiger partial charge in [-0.05, 0) is 67.4 Å². The smallest absolute Gasteiger partial charge is 0.220 e. The second kappa shape index (κ2) is 5.63. The summed E-state index contributed by atoms with van der Waals surface area (Å²) in [5.74, 6) is 1.84. The lowest BCUT2D eigenvalue weighted by Gasteiger charge is -2.52. The third kappa shape index (κ3) is 2.15. The van der Waals surface area contributed by atoms with Gasteiger partial charge in [-0.15, -0.1) is 0 Å². The van der Waals surface area contributed by atoms with Gasteiger partial charge in [0, 0.05) is 11.5 Å². The van der Waals surface area contributed by atoms with Crippen LogP contribution in [0.2, 0.25) is 0 Å². The van der Waals surface area contributed by atoms with Crippen molar-refractivity contribution in [3.05, 3.63) is 46.7 Å². The Balaban J connectivity index is 1.99. The Hall–Kier alpha value is -2.27. The van der Waals surface area contributed by atoms with Gasteiger partial charge in [-0.25, -0.2) is 0 Å². The third-order valence-electron chi connectivity index (χ3n) is 5.90. The minimum atomic E-state index is -0.302. The monoisotopic (exact) mass is 341 g/mol. The summed E-state index contributed by atoms with van der Waals surface area (Å²) in [4.78, 5) is 14.8. The quantitative estimate of drug-likeness (QED) is 0.844. The van der Waals surface area contributed by atoms with Crippen molar-refractivity contribution >= 4 is 5.78 Å². The van der Waals surface area contributed by atoms with Gasteiger partial charge in [0.25, 0.3) is 0 Å². The zero-order valence-corrected chi connectivity index (χ0v) is 15.1. The number of piperidine rings is 1. The van der Waals surface area contributed by atoms with Crippen molar-refractivity contribution in [2.45, 2.75) is 24.3 Å². The van der Waals surface area contributed by atoms with Crippen LogP contribution in [0.15, 0.2) is 35.6 Å². The molecule has 0 spiro atoms. The Morgan fingerprint density at radius 1 is 1.12 bits per heavy atom. The van der Waals surface area contributed by atoms with E-state index < -0.39 is 0 Å². The number of hydrogen-bond donors (Lipinski definition) is 0. The van der Waals surface area contributed by atoms with Crippen LogP contribution in [0.5, 0.6) is 11.5 Å². The van der Waals surface area contributed by atoms with E-state index in [0.29, 0.717) is 5.76 Å². The number of methoxy groups -OCH3 is 3. The Morgan fingerprint density at radius 3 is 2.52 bits per heavy atom. The summed E-state index contributed by atoms with van der Waals surface area (Å²) < 4.78 is 16.4. The minimum Gasteiger partial charge on any atom is -0.493 e. The van der Waals surface area contributed by atoms with E-state index in [9.17, 15) is 4.79 Å². The Bertz CT molecular complexity index is 810. The molecule has 25 heavy (non-hydrogen) atoms. The van der Waals surface area contributed by atoms with Gasteiger partial charge in [0.2, 0.25) is 5.78 Å². The molecule has 5 nitrogen and oxygen atoms in total. The van der Waals surface area contributed by atoms with Crippen LogP contribution in [-0.4, -0.2) is 51.6 Å². The van der Waals surface area contributed by atoms with E-state index >= 15 is 0 Å². The minimum absolute atomic E-state index is 0.0441. The molecule has 132 valence electrons. The molecule has 0 amide bonds. The first-order valence-electron chi connectivity index (χ1n) is 8.53. The highest BCUT2D eigenvalue weighted by molar-refractivity contribution is 6.05. The lowest BCUT2D eigenvalue weighted by molar-refractivity contribution is -0.114. The van der Waals surface area contributed by atoms with Crippen LogP contribution in [0.1, 0.15) is 17.5 Å². The predicted octanol–water partition coefficient (Wildman–Crippen LogP) is 2.24. The molecule has 1 aliphatic heterocycles. The second-order valence-electron chi connectivity index (χ2n) is 6.96. The Kier molecular flexibility index (Phi) is 3.65. The van der Waals surface area contributed by atoms with Gasteiger partial charge in [-0.3, -0.25) is 9.69 Å². The van der Waals surface area contributed by atoms with Crippen LogP contribution in [0.4, 0.5) is 0 Å². The maximum atomic E-state index is 12.4. The van der Waals surface area contributed by atoms with E-state index in [1.807, 2.05) is 6.08 Å². The molecule has 5 heteroatoms. The number of carbonyl (C=O) groups excluding carboxylic acids is 1. The number of rotatable bonds is 3. The van der Waals surface area contributed by atoms with Gasteiger partial charge in [0.1, 0.15) is 0 Å². The molecule has 1 fully saturated rings. The second-order valence-corrected chi connectivity index (χ2v) is 6.96.